The second-order valence-corrected chi connectivity index (χ2v) is 4.68. The lowest BCUT2D eigenvalue weighted by Crippen LogP contribution is -2.44. The lowest BCUT2D eigenvalue weighted by Gasteiger charge is -2.28. The van der Waals surface area contributed by atoms with Crippen LogP contribution in [0.1, 0.15) is 51.9 Å². The second kappa shape index (κ2) is 3.69. The van der Waals surface area contributed by atoms with Gasteiger partial charge in [0.2, 0.25) is 0 Å². The van der Waals surface area contributed by atoms with Crippen LogP contribution in [0.5, 0.6) is 0 Å². The zero-order valence-electron chi connectivity index (χ0n) is 8.60. The summed E-state index contributed by atoms with van der Waals surface area (Å²) in [5.74, 6) is 1.27. The molecule has 0 spiro atoms. The van der Waals surface area contributed by atoms with E-state index in [0.29, 0.717) is 5.54 Å². The normalized spacial score (nSPS) is 27.0. The average Bonchev–Trinajstić information content (AvgIpc) is 2.54. The first-order chi connectivity index (χ1) is 6.29. The number of hydrogen-bond donors (Lipinski definition) is 1. The maximum Gasteiger partial charge on any atom is 0.0967 e. The SMILES string of the molecule is CC1(NC2=NCCCC2)CCCC1. The van der Waals surface area contributed by atoms with E-state index in [1.165, 1.54) is 50.8 Å². The van der Waals surface area contributed by atoms with Crippen LogP contribution in [-0.4, -0.2) is 17.9 Å². The highest BCUT2D eigenvalue weighted by Crippen LogP contribution is 2.29. The molecular weight excluding hydrogens is 160 g/mol. The van der Waals surface area contributed by atoms with Gasteiger partial charge in [-0.25, -0.2) is 0 Å². The van der Waals surface area contributed by atoms with Crippen molar-refractivity contribution in [2.75, 3.05) is 6.54 Å². The highest BCUT2D eigenvalue weighted by Gasteiger charge is 2.29. The van der Waals surface area contributed by atoms with Gasteiger partial charge in [-0.1, -0.05) is 12.8 Å². The average molecular weight is 180 g/mol. The monoisotopic (exact) mass is 180 g/mol. The molecule has 0 aromatic carbocycles. The molecule has 1 aliphatic heterocycles. The van der Waals surface area contributed by atoms with Crippen LogP contribution in [0.4, 0.5) is 0 Å². The number of nitrogens with zero attached hydrogens (tertiary/aromatic N) is 1. The van der Waals surface area contributed by atoms with Gasteiger partial charge in [0.1, 0.15) is 0 Å². The molecule has 1 saturated carbocycles. The van der Waals surface area contributed by atoms with Crippen LogP contribution < -0.4 is 5.32 Å². The van der Waals surface area contributed by atoms with Crippen LogP contribution in [0.2, 0.25) is 0 Å². The maximum atomic E-state index is 4.54. The van der Waals surface area contributed by atoms with Crippen molar-refractivity contribution in [3.8, 4) is 0 Å². The Kier molecular flexibility index (Phi) is 2.56. The highest BCUT2D eigenvalue weighted by atomic mass is 15.1. The molecule has 2 aliphatic rings. The summed E-state index contributed by atoms with van der Waals surface area (Å²) in [6.07, 6.45) is 9.20. The van der Waals surface area contributed by atoms with E-state index in [2.05, 4.69) is 17.2 Å². The minimum atomic E-state index is 0.371. The molecule has 2 rings (SSSR count). The topological polar surface area (TPSA) is 24.4 Å². The zero-order valence-corrected chi connectivity index (χ0v) is 8.60. The summed E-state index contributed by atoms with van der Waals surface area (Å²) in [6.45, 7) is 3.38. The molecule has 0 saturated heterocycles. The van der Waals surface area contributed by atoms with Gasteiger partial charge < -0.3 is 5.32 Å². The molecule has 0 bridgehead atoms. The van der Waals surface area contributed by atoms with E-state index < -0.39 is 0 Å². The lowest BCUT2D eigenvalue weighted by molar-refractivity contribution is 0.424. The summed E-state index contributed by atoms with van der Waals surface area (Å²) < 4.78 is 0. The fourth-order valence-corrected chi connectivity index (χ4v) is 2.43. The molecule has 0 aromatic heterocycles. The van der Waals surface area contributed by atoms with Crippen molar-refractivity contribution in [1.29, 1.82) is 0 Å². The van der Waals surface area contributed by atoms with Crippen molar-refractivity contribution in [1.82, 2.24) is 5.32 Å². The largest absolute Gasteiger partial charge is 0.369 e. The molecule has 1 heterocycles. The Labute approximate surface area is 80.8 Å². The summed E-state index contributed by atoms with van der Waals surface area (Å²) >= 11 is 0. The van der Waals surface area contributed by atoms with E-state index in [0.717, 1.165) is 6.54 Å². The van der Waals surface area contributed by atoms with E-state index in [-0.39, 0.29) is 0 Å². The van der Waals surface area contributed by atoms with Crippen molar-refractivity contribution >= 4 is 5.84 Å². The van der Waals surface area contributed by atoms with Gasteiger partial charge in [0.05, 0.1) is 5.84 Å². The van der Waals surface area contributed by atoms with Crippen molar-refractivity contribution in [2.24, 2.45) is 4.99 Å². The predicted molar refractivity (Wildman–Crippen MR) is 56.2 cm³/mol. The zero-order chi connectivity index (χ0) is 9.15. The Morgan fingerprint density at radius 2 is 1.92 bits per heavy atom. The Morgan fingerprint density at radius 3 is 2.54 bits per heavy atom. The number of hydrogen-bond acceptors (Lipinski definition) is 2. The minimum Gasteiger partial charge on any atom is -0.369 e. The Bertz CT molecular complexity index is 202. The quantitative estimate of drug-likeness (QED) is 0.658. The summed E-state index contributed by atoms with van der Waals surface area (Å²) in [5.41, 5.74) is 0.371. The van der Waals surface area contributed by atoms with Gasteiger partial charge in [-0.05, 0) is 32.6 Å². The van der Waals surface area contributed by atoms with Crippen molar-refractivity contribution in [3.63, 3.8) is 0 Å². The van der Waals surface area contributed by atoms with Crippen LogP contribution in [-0.2, 0) is 0 Å². The predicted octanol–water partition coefficient (Wildman–Crippen LogP) is 2.49. The first kappa shape index (κ1) is 9.04. The Morgan fingerprint density at radius 1 is 1.15 bits per heavy atom. The van der Waals surface area contributed by atoms with Gasteiger partial charge in [-0.3, -0.25) is 4.99 Å². The van der Waals surface area contributed by atoms with Crippen LogP contribution in [0.15, 0.2) is 4.99 Å². The molecule has 13 heavy (non-hydrogen) atoms. The molecule has 2 heteroatoms. The van der Waals surface area contributed by atoms with E-state index in [9.17, 15) is 0 Å². The number of rotatable bonds is 1. The molecule has 0 aromatic rings. The molecule has 1 aliphatic carbocycles. The lowest BCUT2D eigenvalue weighted by atomic mass is 10.00. The molecule has 0 amide bonds. The first-order valence-electron chi connectivity index (χ1n) is 5.60. The summed E-state index contributed by atoms with van der Waals surface area (Å²) in [6, 6.07) is 0. The van der Waals surface area contributed by atoms with Gasteiger partial charge in [-0.15, -0.1) is 0 Å². The van der Waals surface area contributed by atoms with Crippen LogP contribution in [0, 0.1) is 0 Å². The Hall–Kier alpha value is -0.530. The minimum absolute atomic E-state index is 0.371. The molecule has 0 unspecified atom stereocenters. The number of nitrogens with one attached hydrogen (secondary N) is 1. The second-order valence-electron chi connectivity index (χ2n) is 4.68. The molecule has 74 valence electrons. The molecule has 2 nitrogen and oxygen atoms in total. The standard InChI is InChI=1S/C11H20N2/c1-11(7-3-4-8-11)13-10-6-2-5-9-12-10/h2-9H2,1H3,(H,12,13). The van der Waals surface area contributed by atoms with Crippen molar-refractivity contribution < 1.29 is 0 Å². The first-order valence-corrected chi connectivity index (χ1v) is 5.60. The van der Waals surface area contributed by atoms with Crippen LogP contribution in [0.25, 0.3) is 0 Å². The highest BCUT2D eigenvalue weighted by molar-refractivity contribution is 5.83. The smallest absolute Gasteiger partial charge is 0.0967 e. The maximum absolute atomic E-state index is 4.54. The Balaban J connectivity index is 1.92. The van der Waals surface area contributed by atoms with Gasteiger partial charge in [0.25, 0.3) is 0 Å². The van der Waals surface area contributed by atoms with E-state index in [4.69, 9.17) is 0 Å². The molecule has 0 radical (unpaired) electrons. The third kappa shape index (κ3) is 2.23. The third-order valence-electron chi connectivity index (χ3n) is 3.28. The van der Waals surface area contributed by atoms with Crippen molar-refractivity contribution in [2.45, 2.75) is 57.4 Å². The van der Waals surface area contributed by atoms with Gasteiger partial charge >= 0.3 is 0 Å². The van der Waals surface area contributed by atoms with E-state index in [1.807, 2.05) is 0 Å². The van der Waals surface area contributed by atoms with Gasteiger partial charge in [0.15, 0.2) is 0 Å². The van der Waals surface area contributed by atoms with Gasteiger partial charge in [-0.2, -0.15) is 0 Å². The summed E-state index contributed by atoms with van der Waals surface area (Å²) in [4.78, 5) is 4.54. The van der Waals surface area contributed by atoms with Crippen LogP contribution >= 0.6 is 0 Å². The van der Waals surface area contributed by atoms with E-state index >= 15 is 0 Å². The van der Waals surface area contributed by atoms with E-state index in [1.54, 1.807) is 0 Å². The fourth-order valence-electron chi connectivity index (χ4n) is 2.43. The number of amidine groups is 1. The molecule has 1 fully saturated rings. The third-order valence-corrected chi connectivity index (χ3v) is 3.28. The molecule has 1 N–H and O–H groups in total. The molecular formula is C11H20N2. The summed E-state index contributed by atoms with van der Waals surface area (Å²) in [7, 11) is 0. The fraction of sp³-hybridized carbons (Fsp3) is 0.909. The van der Waals surface area contributed by atoms with Crippen molar-refractivity contribution in [3.05, 3.63) is 0 Å². The number of aliphatic imine (C=N–C) groups is 1. The van der Waals surface area contributed by atoms with Crippen LogP contribution in [0.3, 0.4) is 0 Å². The summed E-state index contributed by atoms with van der Waals surface area (Å²) in [5, 5.41) is 3.64. The van der Waals surface area contributed by atoms with Gasteiger partial charge in [0, 0.05) is 18.5 Å². The molecule has 0 atom stereocenters.